The number of hydrogen-bond acceptors (Lipinski definition) is 6. The second-order valence-corrected chi connectivity index (χ2v) is 7.26. The molecule has 1 aliphatic heterocycles. The number of rotatable bonds is 5. The van der Waals surface area contributed by atoms with Gasteiger partial charge in [0, 0.05) is 0 Å². The molecule has 8 heteroatoms. The Morgan fingerprint density at radius 3 is 2.72 bits per heavy atom. The van der Waals surface area contributed by atoms with E-state index < -0.39 is 10.0 Å². The van der Waals surface area contributed by atoms with Gasteiger partial charge in [0.15, 0.2) is 0 Å². The van der Waals surface area contributed by atoms with E-state index in [1.165, 1.54) is 11.3 Å². The predicted molar refractivity (Wildman–Crippen MR) is 72.3 cm³/mol. The highest BCUT2D eigenvalue weighted by molar-refractivity contribution is 7.92. The van der Waals surface area contributed by atoms with E-state index in [-0.39, 0.29) is 11.7 Å². The van der Waals surface area contributed by atoms with Gasteiger partial charge >= 0.3 is 0 Å². The molecule has 6 nitrogen and oxygen atoms in total. The lowest BCUT2D eigenvalue weighted by atomic mass is 10.0. The van der Waals surface area contributed by atoms with Crippen LogP contribution in [0.25, 0.3) is 0 Å². The highest BCUT2D eigenvalue weighted by Crippen LogP contribution is 2.19. The molecule has 1 saturated heterocycles. The molecule has 1 aromatic rings. The van der Waals surface area contributed by atoms with E-state index in [4.69, 9.17) is 0 Å². The zero-order valence-electron chi connectivity index (χ0n) is 10.3. The zero-order chi connectivity index (χ0) is 13.0. The molecule has 2 heterocycles. The number of piperidine rings is 1. The van der Waals surface area contributed by atoms with Crippen LogP contribution in [0, 0.1) is 5.92 Å². The SMILES string of the molecule is CCc1nnc(NS(=O)(=O)CC2CCNCC2)s1. The molecule has 0 saturated carbocycles. The van der Waals surface area contributed by atoms with Crippen LogP contribution in [-0.4, -0.2) is 37.5 Å². The number of hydrogen-bond donors (Lipinski definition) is 2. The molecule has 0 aromatic carbocycles. The summed E-state index contributed by atoms with van der Waals surface area (Å²) in [6.45, 7) is 3.77. The van der Waals surface area contributed by atoms with E-state index in [9.17, 15) is 8.42 Å². The number of sulfonamides is 1. The van der Waals surface area contributed by atoms with Gasteiger partial charge in [-0.25, -0.2) is 8.42 Å². The van der Waals surface area contributed by atoms with Crippen LogP contribution in [0.1, 0.15) is 24.8 Å². The zero-order valence-corrected chi connectivity index (χ0v) is 12.0. The fraction of sp³-hybridized carbons (Fsp3) is 0.800. The normalized spacial score (nSPS) is 17.8. The lowest BCUT2D eigenvalue weighted by Gasteiger charge is -2.22. The summed E-state index contributed by atoms with van der Waals surface area (Å²) in [5.74, 6) is 0.415. The van der Waals surface area contributed by atoms with Crippen molar-refractivity contribution in [2.24, 2.45) is 5.92 Å². The van der Waals surface area contributed by atoms with Gasteiger partial charge in [-0.2, -0.15) is 0 Å². The second kappa shape index (κ2) is 5.94. The summed E-state index contributed by atoms with van der Waals surface area (Å²) >= 11 is 1.30. The summed E-state index contributed by atoms with van der Waals surface area (Å²) in [6, 6.07) is 0. The highest BCUT2D eigenvalue weighted by atomic mass is 32.2. The van der Waals surface area contributed by atoms with Gasteiger partial charge in [-0.05, 0) is 38.3 Å². The number of aromatic nitrogens is 2. The molecule has 0 bridgehead atoms. The van der Waals surface area contributed by atoms with Crippen molar-refractivity contribution < 1.29 is 8.42 Å². The molecule has 0 radical (unpaired) electrons. The molecule has 0 amide bonds. The maximum Gasteiger partial charge on any atom is 0.234 e. The van der Waals surface area contributed by atoms with Crippen LogP contribution in [0.4, 0.5) is 5.13 Å². The van der Waals surface area contributed by atoms with Gasteiger partial charge in [-0.3, -0.25) is 4.72 Å². The van der Waals surface area contributed by atoms with Gasteiger partial charge in [0.2, 0.25) is 15.2 Å². The third-order valence-corrected chi connectivity index (χ3v) is 5.45. The van der Waals surface area contributed by atoms with Crippen molar-refractivity contribution in [3.8, 4) is 0 Å². The Kier molecular flexibility index (Phi) is 4.52. The number of aryl methyl sites for hydroxylation is 1. The average Bonchev–Trinajstić information content (AvgIpc) is 2.76. The molecule has 0 atom stereocenters. The second-order valence-electron chi connectivity index (χ2n) is 4.43. The Morgan fingerprint density at radius 2 is 2.11 bits per heavy atom. The fourth-order valence-corrected chi connectivity index (χ4v) is 4.39. The number of nitrogens with one attached hydrogen (secondary N) is 2. The topological polar surface area (TPSA) is 84.0 Å². The minimum absolute atomic E-state index is 0.176. The standard InChI is InChI=1S/C10H18N4O2S2/c1-2-9-12-13-10(17-9)14-18(15,16)7-8-3-5-11-6-4-8/h8,11H,2-7H2,1H3,(H,13,14). The first-order valence-electron chi connectivity index (χ1n) is 6.12. The minimum atomic E-state index is -3.30. The van der Waals surface area contributed by atoms with Crippen LogP contribution in [0.5, 0.6) is 0 Å². The summed E-state index contributed by atoms with van der Waals surface area (Å²) in [5, 5.41) is 12.2. The Labute approximate surface area is 111 Å². The number of anilines is 1. The minimum Gasteiger partial charge on any atom is -0.317 e. The Morgan fingerprint density at radius 1 is 1.39 bits per heavy atom. The molecule has 18 heavy (non-hydrogen) atoms. The van der Waals surface area contributed by atoms with Gasteiger partial charge in [-0.15, -0.1) is 10.2 Å². The largest absolute Gasteiger partial charge is 0.317 e. The van der Waals surface area contributed by atoms with E-state index in [2.05, 4.69) is 20.2 Å². The van der Waals surface area contributed by atoms with Crippen molar-refractivity contribution in [1.29, 1.82) is 0 Å². The van der Waals surface area contributed by atoms with Gasteiger partial charge in [0.1, 0.15) is 5.01 Å². The summed E-state index contributed by atoms with van der Waals surface area (Å²) < 4.78 is 26.5. The molecule has 0 aliphatic carbocycles. The Balaban J connectivity index is 1.93. The molecular formula is C10H18N4O2S2. The first kappa shape index (κ1) is 13.7. The summed E-state index contributed by atoms with van der Waals surface area (Å²) in [4.78, 5) is 0. The van der Waals surface area contributed by atoms with Crippen molar-refractivity contribution in [3.63, 3.8) is 0 Å². The fourth-order valence-electron chi connectivity index (χ4n) is 1.97. The quantitative estimate of drug-likeness (QED) is 0.839. The molecule has 2 N–H and O–H groups in total. The molecule has 102 valence electrons. The van der Waals surface area contributed by atoms with Crippen molar-refractivity contribution in [3.05, 3.63) is 5.01 Å². The maximum atomic E-state index is 12.0. The first-order valence-corrected chi connectivity index (χ1v) is 8.59. The van der Waals surface area contributed by atoms with Gasteiger partial charge in [0.05, 0.1) is 5.75 Å². The van der Waals surface area contributed by atoms with Crippen LogP contribution in [0.2, 0.25) is 0 Å². The Hall–Kier alpha value is -0.730. The van der Waals surface area contributed by atoms with Crippen molar-refractivity contribution in [2.45, 2.75) is 26.2 Å². The average molecular weight is 290 g/mol. The summed E-state index contributed by atoms with van der Waals surface area (Å²) in [6.07, 6.45) is 2.60. The third-order valence-electron chi connectivity index (χ3n) is 2.93. The van der Waals surface area contributed by atoms with E-state index in [1.54, 1.807) is 0 Å². The lowest BCUT2D eigenvalue weighted by Crippen LogP contribution is -2.33. The van der Waals surface area contributed by atoms with Crippen LogP contribution in [-0.2, 0) is 16.4 Å². The maximum absolute atomic E-state index is 12.0. The van der Waals surface area contributed by atoms with Crippen LogP contribution >= 0.6 is 11.3 Å². The smallest absolute Gasteiger partial charge is 0.234 e. The molecule has 0 spiro atoms. The molecule has 1 fully saturated rings. The monoisotopic (exact) mass is 290 g/mol. The summed E-state index contributed by atoms with van der Waals surface area (Å²) in [7, 11) is -3.30. The lowest BCUT2D eigenvalue weighted by molar-refractivity contribution is 0.402. The molecule has 0 unspecified atom stereocenters. The van der Waals surface area contributed by atoms with Gasteiger partial charge in [-0.1, -0.05) is 18.3 Å². The van der Waals surface area contributed by atoms with Crippen LogP contribution in [0.3, 0.4) is 0 Å². The Bertz CT molecular complexity index is 480. The van der Waals surface area contributed by atoms with E-state index in [0.29, 0.717) is 5.13 Å². The van der Waals surface area contributed by atoms with Crippen LogP contribution < -0.4 is 10.0 Å². The first-order chi connectivity index (χ1) is 8.59. The predicted octanol–water partition coefficient (Wildman–Crippen LogP) is 0.842. The highest BCUT2D eigenvalue weighted by Gasteiger charge is 2.22. The van der Waals surface area contributed by atoms with Crippen molar-refractivity contribution in [2.75, 3.05) is 23.6 Å². The van der Waals surface area contributed by atoms with Gasteiger partial charge in [0.25, 0.3) is 0 Å². The molecular weight excluding hydrogens is 272 g/mol. The van der Waals surface area contributed by atoms with Crippen LogP contribution in [0.15, 0.2) is 0 Å². The molecule has 2 rings (SSSR count). The van der Waals surface area contributed by atoms with Crippen molar-refractivity contribution in [1.82, 2.24) is 15.5 Å². The van der Waals surface area contributed by atoms with Crippen molar-refractivity contribution >= 4 is 26.5 Å². The van der Waals surface area contributed by atoms with E-state index >= 15 is 0 Å². The summed E-state index contributed by atoms with van der Waals surface area (Å²) in [5.41, 5.74) is 0. The molecule has 1 aromatic heterocycles. The van der Waals surface area contributed by atoms with Gasteiger partial charge < -0.3 is 5.32 Å². The number of nitrogens with zero attached hydrogens (tertiary/aromatic N) is 2. The third kappa shape index (κ3) is 3.89. The van der Waals surface area contributed by atoms with E-state index in [1.807, 2.05) is 6.92 Å². The van der Waals surface area contributed by atoms with E-state index in [0.717, 1.165) is 37.4 Å². The molecule has 1 aliphatic rings.